The fraction of sp³-hybridized carbons (Fsp3) is 1.00. The first kappa shape index (κ1) is 24.8. The average molecular weight is 352 g/mol. The van der Waals surface area contributed by atoms with Crippen LogP contribution in [0.5, 0.6) is 0 Å². The van der Waals surface area contributed by atoms with Gasteiger partial charge in [-0.3, -0.25) is 0 Å². The molecule has 0 spiro atoms. The summed E-state index contributed by atoms with van der Waals surface area (Å²) in [7, 11) is 0. The van der Waals surface area contributed by atoms with Gasteiger partial charge in [0.1, 0.15) is 0 Å². The van der Waals surface area contributed by atoms with Crippen LogP contribution in [0.3, 0.4) is 0 Å². The quantitative estimate of drug-likeness (QED) is 0.501. The van der Waals surface area contributed by atoms with Gasteiger partial charge in [-0.1, -0.05) is 78.1 Å². The molecule has 0 aromatic heterocycles. The van der Waals surface area contributed by atoms with E-state index in [2.05, 4.69) is 13.8 Å². The van der Waals surface area contributed by atoms with Crippen molar-refractivity contribution in [3.8, 4) is 0 Å². The van der Waals surface area contributed by atoms with Crippen molar-refractivity contribution in [2.75, 3.05) is 13.2 Å². The van der Waals surface area contributed by atoms with Crippen LogP contribution in [0.15, 0.2) is 0 Å². The normalized spacial score (nSPS) is 9.47. The Balaban J connectivity index is -0.000000256. The summed E-state index contributed by atoms with van der Waals surface area (Å²) in [4.78, 5) is 0. The van der Waals surface area contributed by atoms with Crippen molar-refractivity contribution in [2.24, 2.45) is 0 Å². The van der Waals surface area contributed by atoms with Gasteiger partial charge in [-0.05, 0) is 12.8 Å². The van der Waals surface area contributed by atoms with E-state index in [1.54, 1.807) is 0 Å². The van der Waals surface area contributed by atoms with Crippen LogP contribution in [-0.2, 0) is 26.2 Å². The van der Waals surface area contributed by atoms with Gasteiger partial charge in [-0.15, -0.1) is 0 Å². The summed E-state index contributed by atoms with van der Waals surface area (Å²) >= 11 is 0. The van der Waals surface area contributed by atoms with E-state index in [4.69, 9.17) is 10.2 Å². The predicted molar refractivity (Wildman–Crippen MR) is 80.9 cm³/mol. The fourth-order valence-electron chi connectivity index (χ4n) is 1.78. The molecule has 0 amide bonds. The van der Waals surface area contributed by atoms with Crippen molar-refractivity contribution in [3.05, 3.63) is 0 Å². The third kappa shape index (κ3) is 32.4. The summed E-state index contributed by atoms with van der Waals surface area (Å²) < 4.78 is 0. The minimum absolute atomic E-state index is 0. The molecule has 19 heavy (non-hydrogen) atoms. The number of unbranched alkanes of at least 4 members (excludes halogenated alkanes) is 10. The topological polar surface area (TPSA) is 40.5 Å². The van der Waals surface area contributed by atoms with Crippen LogP contribution >= 0.6 is 0 Å². The number of hydrogen-bond acceptors (Lipinski definition) is 2. The van der Waals surface area contributed by atoms with Crippen molar-refractivity contribution in [3.63, 3.8) is 0 Å². The summed E-state index contributed by atoms with van der Waals surface area (Å²) in [5.74, 6) is 0. The Morgan fingerprint density at radius 1 is 0.474 bits per heavy atom. The summed E-state index contributed by atoms with van der Waals surface area (Å²) in [6.07, 6.45) is 15.0. The minimum atomic E-state index is 0. The molecule has 0 aromatic rings. The van der Waals surface area contributed by atoms with Gasteiger partial charge in [0.15, 0.2) is 0 Å². The van der Waals surface area contributed by atoms with Crippen LogP contribution in [0.25, 0.3) is 0 Å². The maximum absolute atomic E-state index is 8.42. The van der Waals surface area contributed by atoms with Crippen LogP contribution in [0.2, 0.25) is 0 Å². The summed E-state index contributed by atoms with van der Waals surface area (Å²) in [6, 6.07) is 0. The standard InChI is InChI=1S/2C8H18O.Zr/c2*1-2-3-4-5-6-7-8-9;/h2*9H,2-8H2,1H3;. The van der Waals surface area contributed by atoms with Crippen molar-refractivity contribution in [2.45, 2.75) is 90.9 Å². The van der Waals surface area contributed by atoms with E-state index in [1.807, 2.05) is 0 Å². The van der Waals surface area contributed by atoms with Crippen LogP contribution in [-0.4, -0.2) is 23.4 Å². The minimum Gasteiger partial charge on any atom is -0.396 e. The largest absolute Gasteiger partial charge is 0.396 e. The molecule has 2 N–H and O–H groups in total. The number of aliphatic hydroxyl groups excluding tert-OH is 2. The molecule has 0 aromatic carbocycles. The first-order valence-electron chi connectivity index (χ1n) is 8.05. The molecular weight excluding hydrogens is 315 g/mol. The van der Waals surface area contributed by atoms with E-state index in [-0.39, 0.29) is 26.2 Å². The first-order valence-corrected chi connectivity index (χ1v) is 8.05. The molecule has 0 aliphatic heterocycles. The maximum atomic E-state index is 8.42. The molecule has 2 nitrogen and oxygen atoms in total. The molecule has 0 bridgehead atoms. The molecule has 3 heteroatoms. The second-order valence-corrected chi connectivity index (χ2v) is 4.98. The Morgan fingerprint density at radius 2 is 0.737 bits per heavy atom. The fourth-order valence-corrected chi connectivity index (χ4v) is 1.78. The molecule has 0 saturated heterocycles. The Morgan fingerprint density at radius 3 is 1.00 bits per heavy atom. The maximum Gasteiger partial charge on any atom is 0.0431 e. The Hall–Kier alpha value is 0.803. The van der Waals surface area contributed by atoms with Gasteiger partial charge in [-0.2, -0.15) is 0 Å². The molecule has 0 unspecified atom stereocenters. The zero-order chi connectivity index (χ0) is 13.9. The summed E-state index contributed by atoms with van der Waals surface area (Å²) in [6.45, 7) is 5.16. The smallest absolute Gasteiger partial charge is 0.0431 e. The molecule has 0 aliphatic rings. The van der Waals surface area contributed by atoms with Gasteiger partial charge in [0.05, 0.1) is 0 Å². The van der Waals surface area contributed by atoms with E-state index in [0.717, 1.165) is 12.8 Å². The Bertz CT molecular complexity index is 95.3. The van der Waals surface area contributed by atoms with Gasteiger partial charge in [0, 0.05) is 39.4 Å². The molecule has 0 saturated carbocycles. The molecule has 116 valence electrons. The third-order valence-corrected chi connectivity index (χ3v) is 3.02. The Labute approximate surface area is 140 Å². The summed E-state index contributed by atoms with van der Waals surface area (Å²) in [5, 5.41) is 16.8. The Kier molecular flexibility index (Phi) is 35.5. The second-order valence-electron chi connectivity index (χ2n) is 4.98. The van der Waals surface area contributed by atoms with Crippen molar-refractivity contribution < 1.29 is 36.4 Å². The zero-order valence-electron chi connectivity index (χ0n) is 13.3. The van der Waals surface area contributed by atoms with E-state index < -0.39 is 0 Å². The monoisotopic (exact) mass is 350 g/mol. The van der Waals surface area contributed by atoms with Gasteiger partial charge in [0.2, 0.25) is 0 Å². The van der Waals surface area contributed by atoms with Gasteiger partial charge < -0.3 is 10.2 Å². The molecule has 0 fully saturated rings. The predicted octanol–water partition coefficient (Wildman–Crippen LogP) is 4.68. The summed E-state index contributed by atoms with van der Waals surface area (Å²) in [5.41, 5.74) is 0. The zero-order valence-corrected chi connectivity index (χ0v) is 15.8. The van der Waals surface area contributed by atoms with Gasteiger partial charge >= 0.3 is 0 Å². The second kappa shape index (κ2) is 27.2. The van der Waals surface area contributed by atoms with E-state index in [1.165, 1.54) is 64.2 Å². The van der Waals surface area contributed by atoms with E-state index >= 15 is 0 Å². The van der Waals surface area contributed by atoms with Crippen LogP contribution in [0.1, 0.15) is 90.9 Å². The molecule has 0 aliphatic carbocycles. The van der Waals surface area contributed by atoms with E-state index in [9.17, 15) is 0 Å². The van der Waals surface area contributed by atoms with Crippen LogP contribution in [0.4, 0.5) is 0 Å². The van der Waals surface area contributed by atoms with E-state index in [0.29, 0.717) is 13.2 Å². The number of rotatable bonds is 12. The first-order chi connectivity index (χ1) is 8.83. The molecular formula is C16H36O2Zr. The van der Waals surface area contributed by atoms with Crippen molar-refractivity contribution in [1.82, 2.24) is 0 Å². The molecule has 0 radical (unpaired) electrons. The average Bonchev–Trinajstić information content (AvgIpc) is 2.39. The molecule has 0 atom stereocenters. The number of hydrogen-bond donors (Lipinski definition) is 2. The SMILES string of the molecule is CCCCCCCCO.CCCCCCCCO.[Zr]. The van der Waals surface area contributed by atoms with Gasteiger partial charge in [0.25, 0.3) is 0 Å². The number of aliphatic hydroxyl groups is 2. The van der Waals surface area contributed by atoms with Crippen LogP contribution in [0, 0.1) is 0 Å². The third-order valence-electron chi connectivity index (χ3n) is 3.02. The van der Waals surface area contributed by atoms with Crippen molar-refractivity contribution >= 4 is 0 Å². The van der Waals surface area contributed by atoms with Gasteiger partial charge in [-0.25, -0.2) is 0 Å². The molecule has 0 rings (SSSR count). The van der Waals surface area contributed by atoms with Crippen LogP contribution < -0.4 is 0 Å². The van der Waals surface area contributed by atoms with Crippen molar-refractivity contribution in [1.29, 1.82) is 0 Å². The molecule has 0 heterocycles.